The molecule has 56 heavy (non-hydrogen) atoms. The average Bonchev–Trinajstić information content (AvgIpc) is 3.68. The second-order valence-corrected chi connectivity index (χ2v) is 16.5. The van der Waals surface area contributed by atoms with Crippen LogP contribution in [0.2, 0.25) is 5.02 Å². The van der Waals surface area contributed by atoms with Crippen LogP contribution in [0, 0.1) is 29.4 Å². The molecule has 0 spiro atoms. The Bertz CT molecular complexity index is 2560. The molecule has 0 radical (unpaired) electrons. The first kappa shape index (κ1) is 39.1. The number of aromatic amines is 1. The summed E-state index contributed by atoms with van der Waals surface area (Å²) in [5.41, 5.74) is -2.36. The van der Waals surface area contributed by atoms with Gasteiger partial charge in [-0.3, -0.25) is 19.3 Å². The number of benzene rings is 2. The van der Waals surface area contributed by atoms with Gasteiger partial charge >= 0.3 is 0 Å². The van der Waals surface area contributed by atoms with Gasteiger partial charge in [0.05, 0.1) is 33.9 Å². The zero-order valence-electron chi connectivity index (χ0n) is 29.7. The van der Waals surface area contributed by atoms with Gasteiger partial charge in [0, 0.05) is 28.7 Å². The van der Waals surface area contributed by atoms with Gasteiger partial charge in [-0.05, 0) is 80.8 Å². The molecule has 5 aromatic rings. The highest BCUT2D eigenvalue weighted by molar-refractivity contribution is 7.92. The summed E-state index contributed by atoms with van der Waals surface area (Å²) in [4.78, 5) is 18.6. The van der Waals surface area contributed by atoms with E-state index in [1.54, 1.807) is 12.1 Å². The van der Waals surface area contributed by atoms with Crippen LogP contribution in [0.5, 0.6) is 0 Å². The van der Waals surface area contributed by atoms with E-state index in [0.717, 1.165) is 18.4 Å². The minimum Gasteiger partial charge on any atom is -0.378 e. The Labute approximate surface area is 320 Å². The second kappa shape index (κ2) is 14.1. The van der Waals surface area contributed by atoms with Crippen molar-refractivity contribution in [2.75, 3.05) is 11.0 Å². The molecule has 11 nitrogen and oxygen atoms in total. The topological polar surface area (TPSA) is 155 Å². The lowest BCUT2D eigenvalue weighted by Gasteiger charge is -2.34. The molecule has 3 atom stereocenters. The highest BCUT2D eigenvalue weighted by Crippen LogP contribution is 2.63. The first-order chi connectivity index (χ1) is 26.2. The van der Waals surface area contributed by atoms with E-state index in [0.29, 0.717) is 16.3 Å². The van der Waals surface area contributed by atoms with Crippen LogP contribution >= 0.6 is 11.6 Å². The molecule has 1 saturated carbocycles. The molecular formula is C37H32ClF6N7O4S. The molecule has 1 fully saturated rings. The number of aromatic nitrogens is 5. The summed E-state index contributed by atoms with van der Waals surface area (Å²) < 4.78 is 116. The van der Waals surface area contributed by atoms with Crippen molar-refractivity contribution in [1.82, 2.24) is 30.3 Å². The highest BCUT2D eigenvalue weighted by Gasteiger charge is 2.62. The van der Waals surface area contributed by atoms with Gasteiger partial charge in [0.1, 0.15) is 40.9 Å². The van der Waals surface area contributed by atoms with E-state index >= 15 is 8.78 Å². The van der Waals surface area contributed by atoms with Crippen molar-refractivity contribution >= 4 is 44.3 Å². The molecule has 2 aliphatic rings. The van der Waals surface area contributed by atoms with Crippen LogP contribution < -0.4 is 10.0 Å². The van der Waals surface area contributed by atoms with Crippen molar-refractivity contribution in [1.29, 1.82) is 0 Å². The van der Waals surface area contributed by atoms with Gasteiger partial charge in [-0.25, -0.2) is 31.0 Å². The lowest BCUT2D eigenvalue weighted by Crippen LogP contribution is -2.36. The summed E-state index contributed by atoms with van der Waals surface area (Å²) in [7, 11) is -3.82. The third-order valence-electron chi connectivity index (χ3n) is 9.64. The average molecular weight is 820 g/mol. The van der Waals surface area contributed by atoms with Crippen LogP contribution in [0.3, 0.4) is 0 Å². The molecular weight excluding hydrogens is 788 g/mol. The van der Waals surface area contributed by atoms with Crippen LogP contribution in [0.4, 0.5) is 32.2 Å². The minimum atomic E-state index is -3.82. The predicted molar refractivity (Wildman–Crippen MR) is 193 cm³/mol. The van der Waals surface area contributed by atoms with Crippen LogP contribution in [0.25, 0.3) is 22.0 Å². The van der Waals surface area contributed by atoms with E-state index < -0.39 is 81.3 Å². The molecule has 0 aliphatic heterocycles. The molecule has 3 aromatic heterocycles. The highest BCUT2D eigenvalue weighted by atomic mass is 35.5. The number of anilines is 1. The first-order valence-corrected chi connectivity index (χ1v) is 19.4. The summed E-state index contributed by atoms with van der Waals surface area (Å²) in [6.45, 7) is 1.95. The number of carbonyl (C=O) groups excluding carboxylic acids is 1. The Balaban J connectivity index is 1.37. The van der Waals surface area contributed by atoms with E-state index in [9.17, 15) is 35.9 Å². The molecule has 3 unspecified atom stereocenters. The summed E-state index contributed by atoms with van der Waals surface area (Å²) in [5, 5.41) is 23.8. The third kappa shape index (κ3) is 7.54. The lowest BCUT2D eigenvalue weighted by molar-refractivity contribution is -0.123. The number of pyridine rings is 1. The van der Waals surface area contributed by atoms with Gasteiger partial charge in [-0.15, -0.1) is 0 Å². The fraction of sp³-hybridized carbons (Fsp3) is 0.351. The number of H-pyrrole nitrogens is 1. The smallest absolute Gasteiger partial charge is 0.293 e. The molecule has 7 rings (SSSR count). The quantitative estimate of drug-likeness (QED) is 0.0885. The first-order valence-electron chi connectivity index (χ1n) is 17.1. The summed E-state index contributed by atoms with van der Waals surface area (Å²) in [5.74, 6) is -3.13. The maximum Gasteiger partial charge on any atom is 0.293 e. The van der Waals surface area contributed by atoms with Crippen molar-refractivity contribution in [3.05, 3.63) is 93.0 Å². The number of hydrogen-bond donors (Lipinski definition) is 4. The zero-order valence-corrected chi connectivity index (χ0v) is 31.3. The SMILES string of the molecule is CC(C)(O)C#Cc1ccc(-c2ccc(Cl)c3c(NS(C)(=O)=O)n[nH]c23)c(C(Cc2cc(F)cc(F)c2)NC(=O)Cn2nc(C(F)F)c3c2C(F)(F)C2CCC32)n1. The second-order valence-electron chi connectivity index (χ2n) is 14.4. The molecule has 2 aromatic carbocycles. The zero-order chi connectivity index (χ0) is 40.5. The maximum absolute atomic E-state index is 15.6. The van der Waals surface area contributed by atoms with Gasteiger partial charge in [0.25, 0.3) is 12.3 Å². The normalized spacial score (nSPS) is 17.9. The number of nitrogens with one attached hydrogen (secondary N) is 3. The van der Waals surface area contributed by atoms with Gasteiger partial charge in [0.2, 0.25) is 15.9 Å². The number of amides is 1. The van der Waals surface area contributed by atoms with Crippen molar-refractivity contribution < 1.29 is 44.7 Å². The Hall–Kier alpha value is -5.12. The Morgan fingerprint density at radius 1 is 1.11 bits per heavy atom. The van der Waals surface area contributed by atoms with Crippen molar-refractivity contribution in [3.63, 3.8) is 0 Å². The number of alkyl halides is 4. The number of aliphatic hydroxyl groups is 1. The molecule has 1 amide bonds. The third-order valence-corrected chi connectivity index (χ3v) is 10.5. The van der Waals surface area contributed by atoms with Crippen molar-refractivity contribution in [2.24, 2.45) is 5.92 Å². The Morgan fingerprint density at radius 2 is 1.80 bits per heavy atom. The van der Waals surface area contributed by atoms with Gasteiger partial charge in [-0.2, -0.15) is 19.0 Å². The number of halogens is 7. The molecule has 0 bridgehead atoms. The number of sulfonamides is 1. The number of carbonyl (C=O) groups is 1. The monoisotopic (exact) mass is 819 g/mol. The van der Waals surface area contributed by atoms with E-state index in [4.69, 9.17) is 11.6 Å². The molecule has 3 heterocycles. The molecule has 294 valence electrons. The Kier molecular flexibility index (Phi) is 9.86. The van der Waals surface area contributed by atoms with E-state index in [1.807, 2.05) is 0 Å². The molecule has 2 aliphatic carbocycles. The van der Waals surface area contributed by atoms with Gasteiger partial charge < -0.3 is 10.4 Å². The number of hydrogen-bond acceptors (Lipinski definition) is 7. The fourth-order valence-electron chi connectivity index (χ4n) is 7.32. The van der Waals surface area contributed by atoms with E-state index in [-0.39, 0.29) is 69.1 Å². The van der Waals surface area contributed by atoms with E-state index in [1.165, 1.54) is 26.0 Å². The van der Waals surface area contributed by atoms with Crippen LogP contribution in [-0.2, 0) is 33.7 Å². The maximum atomic E-state index is 15.6. The fourth-order valence-corrected chi connectivity index (χ4v) is 8.07. The number of nitrogens with zero attached hydrogens (tertiary/aromatic N) is 4. The standard InChI is InChI=1S/C37H32ClF6N7O4S/c1-36(2,53)11-10-20-4-5-21(22-7-9-25(38)29-31(22)47-48-35(29)50-56(3,54)55)30(45-20)26(14-17-12-18(39)15-19(40)13-17)46-27(52)16-51-33-28(32(49-51)34(41)42)23-6-8-24(23)37(33,43)44/h4-5,7,9,12-13,15,23-24,26,34,53H,6,8,14,16H2,1-3H3,(H,46,52)(H2,47,48,50). The molecule has 0 saturated heterocycles. The molecule has 19 heteroatoms. The van der Waals surface area contributed by atoms with Gasteiger partial charge in [-0.1, -0.05) is 23.6 Å². The summed E-state index contributed by atoms with van der Waals surface area (Å²) >= 11 is 6.50. The van der Waals surface area contributed by atoms with Crippen LogP contribution in [0.15, 0.2) is 42.5 Å². The van der Waals surface area contributed by atoms with Gasteiger partial charge in [0.15, 0.2) is 5.82 Å². The Morgan fingerprint density at radius 3 is 2.43 bits per heavy atom. The lowest BCUT2D eigenvalue weighted by atomic mass is 9.73. The summed E-state index contributed by atoms with van der Waals surface area (Å²) in [6, 6.07) is 7.39. The van der Waals surface area contributed by atoms with Crippen molar-refractivity contribution in [3.8, 4) is 23.0 Å². The number of rotatable bonds is 10. The summed E-state index contributed by atoms with van der Waals surface area (Å²) in [6.07, 6.45) is -2.21. The van der Waals surface area contributed by atoms with Crippen molar-refractivity contribution in [2.45, 2.75) is 69.6 Å². The number of fused-ring (bicyclic) bond motifs is 4. The predicted octanol–water partition coefficient (Wildman–Crippen LogP) is 6.88. The van der Waals surface area contributed by atoms with Crippen LogP contribution in [0.1, 0.15) is 79.0 Å². The van der Waals surface area contributed by atoms with E-state index in [2.05, 4.69) is 42.2 Å². The largest absolute Gasteiger partial charge is 0.378 e. The minimum absolute atomic E-state index is 0.0174. The molecule has 4 N–H and O–H groups in total. The van der Waals surface area contributed by atoms with Crippen LogP contribution in [-0.4, -0.2) is 56.3 Å².